The maximum atomic E-state index is 12.9. The van der Waals surface area contributed by atoms with Gasteiger partial charge in [0.15, 0.2) is 0 Å². The van der Waals surface area contributed by atoms with Gasteiger partial charge in [0.05, 0.1) is 5.92 Å². The second-order valence-electron chi connectivity index (χ2n) is 5.65. The standard InChI is InChI=1S/C19H23N3O2/c20-13-7-12-16(18(21)23)22-19(24)17(14-8-3-1-4-9-14)15-10-5-2-6-11-15/h1-6,8-11,16-17H,7,12-13,20H2,(H2,21,23)(H,22,24). The van der Waals surface area contributed by atoms with Crippen molar-refractivity contribution in [2.45, 2.75) is 24.8 Å². The Labute approximate surface area is 142 Å². The molecule has 0 saturated heterocycles. The topological polar surface area (TPSA) is 98.2 Å². The summed E-state index contributed by atoms with van der Waals surface area (Å²) in [4.78, 5) is 24.5. The Hall–Kier alpha value is -2.66. The lowest BCUT2D eigenvalue weighted by Crippen LogP contribution is -2.46. The summed E-state index contributed by atoms with van der Waals surface area (Å²) in [7, 11) is 0. The van der Waals surface area contributed by atoms with E-state index in [1.54, 1.807) is 0 Å². The van der Waals surface area contributed by atoms with Crippen molar-refractivity contribution in [1.29, 1.82) is 0 Å². The second kappa shape index (κ2) is 8.84. The number of nitrogens with one attached hydrogen (secondary N) is 1. The Bertz CT molecular complexity index is 619. The van der Waals surface area contributed by atoms with E-state index in [1.165, 1.54) is 0 Å². The summed E-state index contributed by atoms with van der Waals surface area (Å²) in [5.74, 6) is -1.28. The molecule has 0 aromatic heterocycles. The number of rotatable bonds is 8. The van der Waals surface area contributed by atoms with Gasteiger partial charge in [-0.3, -0.25) is 9.59 Å². The summed E-state index contributed by atoms with van der Waals surface area (Å²) in [5.41, 5.74) is 12.6. The summed E-state index contributed by atoms with van der Waals surface area (Å²) in [6.07, 6.45) is 1.06. The zero-order chi connectivity index (χ0) is 17.4. The zero-order valence-corrected chi connectivity index (χ0v) is 13.5. The highest BCUT2D eigenvalue weighted by Crippen LogP contribution is 2.25. The highest BCUT2D eigenvalue weighted by molar-refractivity contribution is 5.91. The van der Waals surface area contributed by atoms with Crippen molar-refractivity contribution in [2.75, 3.05) is 6.54 Å². The van der Waals surface area contributed by atoms with Gasteiger partial charge in [-0.05, 0) is 30.5 Å². The van der Waals surface area contributed by atoms with E-state index in [9.17, 15) is 9.59 Å². The van der Waals surface area contributed by atoms with Gasteiger partial charge in [-0.2, -0.15) is 0 Å². The van der Waals surface area contributed by atoms with E-state index >= 15 is 0 Å². The molecule has 126 valence electrons. The van der Waals surface area contributed by atoms with Gasteiger partial charge in [-0.15, -0.1) is 0 Å². The fourth-order valence-electron chi connectivity index (χ4n) is 2.65. The van der Waals surface area contributed by atoms with Gasteiger partial charge >= 0.3 is 0 Å². The average molecular weight is 325 g/mol. The fraction of sp³-hybridized carbons (Fsp3) is 0.263. The Morgan fingerprint density at radius 3 is 1.83 bits per heavy atom. The van der Waals surface area contributed by atoms with Gasteiger partial charge in [0.2, 0.25) is 11.8 Å². The molecular formula is C19H23N3O2. The average Bonchev–Trinajstić information content (AvgIpc) is 2.60. The summed E-state index contributed by atoms with van der Waals surface area (Å²) in [5, 5.41) is 2.78. The summed E-state index contributed by atoms with van der Waals surface area (Å²) >= 11 is 0. The molecule has 0 fully saturated rings. The van der Waals surface area contributed by atoms with Crippen LogP contribution < -0.4 is 16.8 Å². The maximum Gasteiger partial charge on any atom is 0.240 e. The van der Waals surface area contributed by atoms with Crippen LogP contribution in [-0.2, 0) is 9.59 Å². The van der Waals surface area contributed by atoms with Crippen molar-refractivity contribution in [1.82, 2.24) is 5.32 Å². The first-order chi connectivity index (χ1) is 11.6. The van der Waals surface area contributed by atoms with Crippen LogP contribution >= 0.6 is 0 Å². The molecule has 2 aromatic rings. The second-order valence-corrected chi connectivity index (χ2v) is 5.65. The van der Waals surface area contributed by atoms with E-state index in [1.807, 2.05) is 60.7 Å². The number of nitrogens with two attached hydrogens (primary N) is 2. The normalized spacial score (nSPS) is 11.9. The molecule has 2 amide bonds. The van der Waals surface area contributed by atoms with Crippen LogP contribution in [0.25, 0.3) is 0 Å². The molecule has 0 aliphatic heterocycles. The van der Waals surface area contributed by atoms with Crippen molar-refractivity contribution in [3.8, 4) is 0 Å². The number of benzene rings is 2. The van der Waals surface area contributed by atoms with Gasteiger partial charge in [0.25, 0.3) is 0 Å². The van der Waals surface area contributed by atoms with Crippen molar-refractivity contribution < 1.29 is 9.59 Å². The molecule has 1 atom stereocenters. The predicted octanol–water partition coefficient (Wildman–Crippen LogP) is 1.53. The molecule has 0 saturated carbocycles. The Balaban J connectivity index is 2.26. The van der Waals surface area contributed by atoms with Gasteiger partial charge in [-0.25, -0.2) is 0 Å². The van der Waals surface area contributed by atoms with Crippen LogP contribution in [0.3, 0.4) is 0 Å². The minimum Gasteiger partial charge on any atom is -0.368 e. The lowest BCUT2D eigenvalue weighted by Gasteiger charge is -2.21. The molecule has 2 rings (SSSR count). The molecule has 0 aliphatic carbocycles. The molecule has 5 heteroatoms. The molecule has 0 radical (unpaired) electrons. The number of carbonyl (C=O) groups is 2. The SMILES string of the molecule is NCCCC(NC(=O)C(c1ccccc1)c1ccccc1)C(N)=O. The number of hydrogen-bond donors (Lipinski definition) is 3. The molecular weight excluding hydrogens is 302 g/mol. The number of amides is 2. The van der Waals surface area contributed by atoms with E-state index in [0.29, 0.717) is 19.4 Å². The Morgan fingerprint density at radius 2 is 1.42 bits per heavy atom. The van der Waals surface area contributed by atoms with Gasteiger partial charge in [-0.1, -0.05) is 60.7 Å². The van der Waals surface area contributed by atoms with E-state index in [-0.39, 0.29) is 5.91 Å². The first-order valence-electron chi connectivity index (χ1n) is 8.03. The van der Waals surface area contributed by atoms with Crippen molar-refractivity contribution in [2.24, 2.45) is 11.5 Å². The van der Waals surface area contributed by atoms with Gasteiger partial charge < -0.3 is 16.8 Å². The zero-order valence-electron chi connectivity index (χ0n) is 13.5. The summed E-state index contributed by atoms with van der Waals surface area (Å²) in [6, 6.07) is 18.2. The fourth-order valence-corrected chi connectivity index (χ4v) is 2.65. The molecule has 5 nitrogen and oxygen atoms in total. The van der Waals surface area contributed by atoms with Crippen LogP contribution in [0.2, 0.25) is 0 Å². The monoisotopic (exact) mass is 325 g/mol. The Kier molecular flexibility index (Phi) is 6.51. The number of hydrogen-bond acceptors (Lipinski definition) is 3. The molecule has 5 N–H and O–H groups in total. The predicted molar refractivity (Wildman–Crippen MR) is 94.1 cm³/mol. The molecule has 0 bridgehead atoms. The molecule has 1 unspecified atom stereocenters. The van der Waals surface area contributed by atoms with E-state index in [2.05, 4.69) is 5.32 Å². The minimum atomic E-state index is -0.712. The third-order valence-corrected chi connectivity index (χ3v) is 3.88. The maximum absolute atomic E-state index is 12.9. The van der Waals surface area contributed by atoms with E-state index < -0.39 is 17.9 Å². The Morgan fingerprint density at radius 1 is 0.917 bits per heavy atom. The van der Waals surface area contributed by atoms with E-state index in [0.717, 1.165) is 11.1 Å². The molecule has 0 heterocycles. The third-order valence-electron chi connectivity index (χ3n) is 3.88. The first-order valence-corrected chi connectivity index (χ1v) is 8.03. The van der Waals surface area contributed by atoms with Gasteiger partial charge in [0.1, 0.15) is 6.04 Å². The highest BCUT2D eigenvalue weighted by atomic mass is 16.2. The van der Waals surface area contributed by atoms with Crippen LogP contribution in [-0.4, -0.2) is 24.4 Å². The van der Waals surface area contributed by atoms with Crippen LogP contribution in [0.1, 0.15) is 29.9 Å². The van der Waals surface area contributed by atoms with Crippen molar-refractivity contribution >= 4 is 11.8 Å². The van der Waals surface area contributed by atoms with Crippen LogP contribution in [0.4, 0.5) is 0 Å². The van der Waals surface area contributed by atoms with E-state index in [4.69, 9.17) is 11.5 Å². The minimum absolute atomic E-state index is 0.242. The summed E-state index contributed by atoms with van der Waals surface area (Å²) < 4.78 is 0. The third kappa shape index (κ3) is 4.67. The molecule has 0 aliphatic rings. The van der Waals surface area contributed by atoms with Gasteiger partial charge in [0, 0.05) is 0 Å². The largest absolute Gasteiger partial charge is 0.368 e. The van der Waals surface area contributed by atoms with Crippen molar-refractivity contribution in [3.63, 3.8) is 0 Å². The van der Waals surface area contributed by atoms with Crippen LogP contribution in [0.5, 0.6) is 0 Å². The molecule has 0 spiro atoms. The quantitative estimate of drug-likeness (QED) is 0.686. The summed E-state index contributed by atoms with van der Waals surface area (Å²) in [6.45, 7) is 0.445. The smallest absolute Gasteiger partial charge is 0.240 e. The first kappa shape index (κ1) is 17.7. The molecule has 2 aromatic carbocycles. The van der Waals surface area contributed by atoms with Crippen molar-refractivity contribution in [3.05, 3.63) is 71.8 Å². The molecule has 24 heavy (non-hydrogen) atoms. The lowest BCUT2D eigenvalue weighted by atomic mass is 9.90. The number of primary amides is 1. The number of carbonyl (C=O) groups excluding carboxylic acids is 2. The van der Waals surface area contributed by atoms with Crippen LogP contribution in [0.15, 0.2) is 60.7 Å². The van der Waals surface area contributed by atoms with Crippen LogP contribution in [0, 0.1) is 0 Å². The lowest BCUT2D eigenvalue weighted by molar-refractivity contribution is -0.127. The highest BCUT2D eigenvalue weighted by Gasteiger charge is 2.26.